The van der Waals surface area contributed by atoms with E-state index in [1.54, 1.807) is 6.92 Å². The first-order valence-electron chi connectivity index (χ1n) is 6.46. The number of amides is 2. The molecule has 0 unspecified atom stereocenters. The lowest BCUT2D eigenvalue weighted by molar-refractivity contribution is -0.139. The summed E-state index contributed by atoms with van der Waals surface area (Å²) in [6.07, 6.45) is 3.24. The van der Waals surface area contributed by atoms with Crippen molar-refractivity contribution in [3.8, 4) is 0 Å². The summed E-state index contributed by atoms with van der Waals surface area (Å²) in [4.78, 5) is 22.0. The van der Waals surface area contributed by atoms with Crippen molar-refractivity contribution in [1.29, 1.82) is 0 Å². The van der Waals surface area contributed by atoms with Gasteiger partial charge >= 0.3 is 12.0 Å². The fraction of sp³-hybridized carbons (Fsp3) is 0.833. The maximum absolute atomic E-state index is 11.3. The van der Waals surface area contributed by atoms with E-state index in [1.807, 2.05) is 0 Å². The molecule has 0 fully saturated rings. The number of nitrogens with one attached hydrogen (secondary N) is 2. The maximum Gasteiger partial charge on any atom is 0.326 e. The summed E-state index contributed by atoms with van der Waals surface area (Å²) < 4.78 is 5.33. The highest BCUT2D eigenvalue weighted by Crippen LogP contribution is 1.91. The quantitative estimate of drug-likeness (QED) is 0.517. The molecule has 2 amide bonds. The van der Waals surface area contributed by atoms with Crippen molar-refractivity contribution in [1.82, 2.24) is 10.6 Å². The lowest BCUT2D eigenvalue weighted by Crippen LogP contribution is -2.45. The first kappa shape index (κ1) is 16.7. The Hall–Kier alpha value is -1.30. The van der Waals surface area contributed by atoms with Crippen LogP contribution in [0.3, 0.4) is 0 Å². The molecular formula is C12H24N2O4. The van der Waals surface area contributed by atoms with Gasteiger partial charge in [-0.25, -0.2) is 9.59 Å². The van der Waals surface area contributed by atoms with E-state index in [0.717, 1.165) is 25.9 Å². The van der Waals surface area contributed by atoms with Gasteiger partial charge in [-0.2, -0.15) is 0 Å². The molecule has 0 aromatic carbocycles. The maximum atomic E-state index is 11.3. The van der Waals surface area contributed by atoms with Crippen molar-refractivity contribution in [2.75, 3.05) is 19.8 Å². The van der Waals surface area contributed by atoms with Gasteiger partial charge in [-0.1, -0.05) is 20.3 Å². The lowest BCUT2D eigenvalue weighted by atomic mass is 10.2. The molecule has 18 heavy (non-hydrogen) atoms. The van der Waals surface area contributed by atoms with Gasteiger partial charge in [-0.15, -0.1) is 0 Å². The van der Waals surface area contributed by atoms with Gasteiger partial charge in [-0.05, 0) is 19.3 Å². The molecule has 0 rings (SSSR count). The third kappa shape index (κ3) is 8.81. The summed E-state index contributed by atoms with van der Waals surface area (Å²) in [5, 5.41) is 13.7. The molecule has 0 aliphatic heterocycles. The Balaban J connectivity index is 3.50. The number of carboxylic acids is 1. The van der Waals surface area contributed by atoms with Crippen LogP contribution in [0.25, 0.3) is 0 Å². The summed E-state index contributed by atoms with van der Waals surface area (Å²) in [7, 11) is 0. The van der Waals surface area contributed by atoms with Crippen molar-refractivity contribution < 1.29 is 19.4 Å². The summed E-state index contributed by atoms with van der Waals surface area (Å²) in [5.41, 5.74) is 0. The van der Waals surface area contributed by atoms with Crippen LogP contribution >= 0.6 is 0 Å². The number of carbonyl (C=O) groups is 2. The number of hydrogen-bond acceptors (Lipinski definition) is 3. The highest BCUT2D eigenvalue weighted by molar-refractivity contribution is 5.82. The highest BCUT2D eigenvalue weighted by Gasteiger charge is 2.16. The Kier molecular flexibility index (Phi) is 10.0. The molecular weight excluding hydrogens is 236 g/mol. The molecule has 0 heterocycles. The molecule has 6 nitrogen and oxygen atoms in total. The van der Waals surface area contributed by atoms with Crippen LogP contribution in [-0.4, -0.2) is 42.9 Å². The summed E-state index contributed by atoms with van der Waals surface area (Å²) in [5.74, 6) is -1.02. The van der Waals surface area contributed by atoms with Crippen LogP contribution in [0.15, 0.2) is 0 Å². The molecule has 0 aliphatic rings. The van der Waals surface area contributed by atoms with Gasteiger partial charge in [0.15, 0.2) is 0 Å². The van der Waals surface area contributed by atoms with Gasteiger partial charge < -0.3 is 20.5 Å². The van der Waals surface area contributed by atoms with Crippen LogP contribution < -0.4 is 10.6 Å². The van der Waals surface area contributed by atoms with E-state index in [2.05, 4.69) is 17.6 Å². The molecule has 3 N–H and O–H groups in total. The van der Waals surface area contributed by atoms with Crippen LogP contribution in [0.4, 0.5) is 4.79 Å². The van der Waals surface area contributed by atoms with Crippen LogP contribution in [0, 0.1) is 0 Å². The zero-order valence-corrected chi connectivity index (χ0v) is 11.2. The SMILES string of the molecule is CCCCOCCCNC(=O)N[C@H](CC)C(=O)O. The number of urea groups is 1. The van der Waals surface area contributed by atoms with Gasteiger partial charge in [0.1, 0.15) is 6.04 Å². The lowest BCUT2D eigenvalue weighted by Gasteiger charge is -2.13. The monoisotopic (exact) mass is 260 g/mol. The Labute approximate surface area is 108 Å². The first-order valence-corrected chi connectivity index (χ1v) is 6.46. The van der Waals surface area contributed by atoms with Gasteiger partial charge in [0.25, 0.3) is 0 Å². The van der Waals surface area contributed by atoms with Gasteiger partial charge in [0.05, 0.1) is 0 Å². The van der Waals surface area contributed by atoms with E-state index in [0.29, 0.717) is 19.6 Å². The second-order valence-electron chi connectivity index (χ2n) is 4.02. The second kappa shape index (κ2) is 10.8. The molecule has 0 radical (unpaired) electrons. The average Bonchev–Trinajstić information content (AvgIpc) is 2.34. The first-order chi connectivity index (χ1) is 8.61. The van der Waals surface area contributed by atoms with Gasteiger partial charge in [-0.3, -0.25) is 0 Å². The molecule has 0 saturated carbocycles. The number of carboxylic acid groups (broad SMARTS) is 1. The normalized spacial score (nSPS) is 11.9. The van der Waals surface area contributed by atoms with Gasteiger partial charge in [0, 0.05) is 19.8 Å². The molecule has 106 valence electrons. The van der Waals surface area contributed by atoms with E-state index in [-0.39, 0.29) is 0 Å². The summed E-state index contributed by atoms with van der Waals surface area (Å²) in [6, 6.07) is -1.27. The Morgan fingerprint density at radius 3 is 2.44 bits per heavy atom. The van der Waals surface area contributed by atoms with Crippen molar-refractivity contribution in [2.45, 2.75) is 45.6 Å². The van der Waals surface area contributed by atoms with Crippen LogP contribution in [0.5, 0.6) is 0 Å². The second-order valence-corrected chi connectivity index (χ2v) is 4.02. The third-order valence-corrected chi connectivity index (χ3v) is 2.40. The molecule has 0 bridgehead atoms. The standard InChI is InChI=1S/C12H24N2O4/c1-3-5-8-18-9-6-7-13-12(17)14-10(4-2)11(15)16/h10H,3-9H2,1-2H3,(H,15,16)(H2,13,14,17)/t10-/m1/s1. The smallest absolute Gasteiger partial charge is 0.326 e. The van der Waals surface area contributed by atoms with E-state index in [4.69, 9.17) is 9.84 Å². The molecule has 0 aliphatic carbocycles. The predicted octanol–water partition coefficient (Wildman–Crippen LogP) is 1.36. The van der Waals surface area contributed by atoms with Crippen molar-refractivity contribution >= 4 is 12.0 Å². The molecule has 0 aromatic rings. The fourth-order valence-electron chi connectivity index (χ4n) is 1.27. The van der Waals surface area contributed by atoms with E-state index in [1.165, 1.54) is 0 Å². The largest absolute Gasteiger partial charge is 0.480 e. The number of rotatable bonds is 10. The van der Waals surface area contributed by atoms with E-state index in [9.17, 15) is 9.59 Å². The zero-order valence-electron chi connectivity index (χ0n) is 11.2. The number of hydrogen-bond donors (Lipinski definition) is 3. The number of aliphatic carboxylic acids is 1. The Bertz CT molecular complexity index is 246. The summed E-state index contributed by atoms with van der Waals surface area (Å²) in [6.45, 7) is 5.65. The number of unbranched alkanes of at least 4 members (excludes halogenated alkanes) is 1. The Morgan fingerprint density at radius 1 is 1.22 bits per heavy atom. The minimum atomic E-state index is -1.02. The zero-order chi connectivity index (χ0) is 13.8. The van der Waals surface area contributed by atoms with E-state index >= 15 is 0 Å². The third-order valence-electron chi connectivity index (χ3n) is 2.40. The van der Waals surface area contributed by atoms with Crippen LogP contribution in [-0.2, 0) is 9.53 Å². The average molecular weight is 260 g/mol. The van der Waals surface area contributed by atoms with E-state index < -0.39 is 18.0 Å². The van der Waals surface area contributed by atoms with Gasteiger partial charge in [0.2, 0.25) is 0 Å². The van der Waals surface area contributed by atoms with Crippen molar-refractivity contribution in [3.63, 3.8) is 0 Å². The number of ether oxygens (including phenoxy) is 1. The molecule has 0 spiro atoms. The minimum Gasteiger partial charge on any atom is -0.480 e. The Morgan fingerprint density at radius 2 is 1.89 bits per heavy atom. The molecule has 6 heteroatoms. The topological polar surface area (TPSA) is 87.7 Å². The number of carbonyl (C=O) groups excluding carboxylic acids is 1. The van der Waals surface area contributed by atoms with Crippen molar-refractivity contribution in [2.24, 2.45) is 0 Å². The molecule has 1 atom stereocenters. The van der Waals surface area contributed by atoms with Crippen LogP contribution in [0.1, 0.15) is 39.5 Å². The summed E-state index contributed by atoms with van der Waals surface area (Å²) >= 11 is 0. The molecule has 0 aromatic heterocycles. The molecule has 0 saturated heterocycles. The van der Waals surface area contributed by atoms with Crippen molar-refractivity contribution in [3.05, 3.63) is 0 Å². The fourth-order valence-corrected chi connectivity index (χ4v) is 1.27. The minimum absolute atomic E-state index is 0.364. The van der Waals surface area contributed by atoms with Crippen LogP contribution in [0.2, 0.25) is 0 Å². The highest BCUT2D eigenvalue weighted by atomic mass is 16.5. The predicted molar refractivity (Wildman–Crippen MR) is 68.6 cm³/mol.